The normalized spacial score (nSPS) is 11.2. The Kier molecular flexibility index (Phi) is 7.30. The summed E-state index contributed by atoms with van der Waals surface area (Å²) in [5.41, 5.74) is 0.346. The third-order valence-electron chi connectivity index (χ3n) is 3.54. The standard InChI is InChI=1S/C18H25NO5/c1-6-18(2,3)19-15(20)12-24-16(21)11-10-13-8-7-9-14(22-4)17(13)23-5/h7-11H,6,12H2,1-5H3,(H,19,20)/b11-10+. The summed E-state index contributed by atoms with van der Waals surface area (Å²) in [4.78, 5) is 23.5. The van der Waals surface area contributed by atoms with Crippen LogP contribution in [-0.4, -0.2) is 38.2 Å². The van der Waals surface area contributed by atoms with Gasteiger partial charge in [0, 0.05) is 17.2 Å². The van der Waals surface area contributed by atoms with Crippen molar-refractivity contribution in [3.63, 3.8) is 0 Å². The van der Waals surface area contributed by atoms with Crippen molar-refractivity contribution in [1.82, 2.24) is 5.32 Å². The van der Waals surface area contributed by atoms with E-state index < -0.39 is 5.97 Å². The molecule has 132 valence electrons. The lowest BCUT2D eigenvalue weighted by atomic mass is 10.0. The van der Waals surface area contributed by atoms with Crippen LogP contribution in [0.3, 0.4) is 0 Å². The Bertz CT molecular complexity index is 607. The van der Waals surface area contributed by atoms with Crippen molar-refractivity contribution in [2.45, 2.75) is 32.7 Å². The molecule has 1 aromatic carbocycles. The second kappa shape index (κ2) is 8.96. The molecule has 0 aliphatic heterocycles. The van der Waals surface area contributed by atoms with Crippen molar-refractivity contribution in [3.05, 3.63) is 29.8 Å². The van der Waals surface area contributed by atoms with E-state index in [1.807, 2.05) is 20.8 Å². The molecule has 0 heterocycles. The molecule has 0 unspecified atom stereocenters. The van der Waals surface area contributed by atoms with Crippen LogP contribution >= 0.6 is 0 Å². The average Bonchev–Trinajstić information content (AvgIpc) is 2.57. The molecule has 0 spiro atoms. The maximum Gasteiger partial charge on any atom is 0.331 e. The molecule has 0 fully saturated rings. The fourth-order valence-electron chi connectivity index (χ4n) is 1.89. The number of carbonyl (C=O) groups is 2. The van der Waals surface area contributed by atoms with Crippen LogP contribution in [0.5, 0.6) is 11.5 Å². The highest BCUT2D eigenvalue weighted by Gasteiger charge is 2.18. The summed E-state index contributed by atoms with van der Waals surface area (Å²) in [5, 5.41) is 2.79. The molecule has 1 amide bonds. The van der Waals surface area contributed by atoms with Crippen LogP contribution in [0.15, 0.2) is 24.3 Å². The van der Waals surface area contributed by atoms with E-state index in [0.29, 0.717) is 17.1 Å². The van der Waals surface area contributed by atoms with Crippen LogP contribution in [0.1, 0.15) is 32.8 Å². The number of esters is 1. The Morgan fingerprint density at radius 1 is 1.21 bits per heavy atom. The highest BCUT2D eigenvalue weighted by molar-refractivity contribution is 5.90. The first-order valence-electron chi connectivity index (χ1n) is 7.69. The summed E-state index contributed by atoms with van der Waals surface area (Å²) in [7, 11) is 3.06. The van der Waals surface area contributed by atoms with Gasteiger partial charge in [0.15, 0.2) is 18.1 Å². The van der Waals surface area contributed by atoms with E-state index in [1.165, 1.54) is 20.3 Å². The molecule has 6 nitrogen and oxygen atoms in total. The lowest BCUT2D eigenvalue weighted by Gasteiger charge is -2.24. The SMILES string of the molecule is CCC(C)(C)NC(=O)COC(=O)/C=C/c1cccc(OC)c1OC. The van der Waals surface area contributed by atoms with Gasteiger partial charge in [-0.25, -0.2) is 4.79 Å². The quantitative estimate of drug-likeness (QED) is 0.584. The summed E-state index contributed by atoms with van der Waals surface area (Å²) in [5.74, 6) is 0.146. The Morgan fingerprint density at radius 2 is 1.92 bits per heavy atom. The van der Waals surface area contributed by atoms with E-state index >= 15 is 0 Å². The smallest absolute Gasteiger partial charge is 0.331 e. The molecule has 0 aromatic heterocycles. The highest BCUT2D eigenvalue weighted by Crippen LogP contribution is 2.31. The minimum absolute atomic E-state index is 0.318. The molecule has 0 bridgehead atoms. The number of ether oxygens (including phenoxy) is 3. The van der Waals surface area contributed by atoms with E-state index in [4.69, 9.17) is 14.2 Å². The molecule has 0 saturated heterocycles. The number of methoxy groups -OCH3 is 2. The van der Waals surface area contributed by atoms with Crippen LogP contribution in [0.25, 0.3) is 6.08 Å². The summed E-state index contributed by atoms with van der Waals surface area (Å²) in [6, 6.07) is 5.32. The lowest BCUT2D eigenvalue weighted by molar-refractivity contribution is -0.144. The number of para-hydroxylation sites is 1. The summed E-state index contributed by atoms with van der Waals surface area (Å²) in [6.07, 6.45) is 3.58. The van der Waals surface area contributed by atoms with Gasteiger partial charge in [0.25, 0.3) is 5.91 Å². The van der Waals surface area contributed by atoms with Gasteiger partial charge in [0.05, 0.1) is 14.2 Å². The predicted octanol–water partition coefficient (Wildman–Crippen LogP) is 2.57. The maximum atomic E-state index is 11.7. The van der Waals surface area contributed by atoms with Crippen molar-refractivity contribution in [2.75, 3.05) is 20.8 Å². The van der Waals surface area contributed by atoms with Gasteiger partial charge >= 0.3 is 5.97 Å². The van der Waals surface area contributed by atoms with Gasteiger partial charge in [-0.15, -0.1) is 0 Å². The zero-order valence-corrected chi connectivity index (χ0v) is 14.8. The monoisotopic (exact) mass is 335 g/mol. The largest absolute Gasteiger partial charge is 0.493 e. The number of nitrogens with one attached hydrogen (secondary N) is 1. The van der Waals surface area contributed by atoms with E-state index in [-0.39, 0.29) is 18.1 Å². The summed E-state index contributed by atoms with van der Waals surface area (Å²) in [6.45, 7) is 5.46. The van der Waals surface area contributed by atoms with Gasteiger partial charge < -0.3 is 19.5 Å². The average molecular weight is 335 g/mol. The number of rotatable bonds is 8. The van der Waals surface area contributed by atoms with Crippen molar-refractivity contribution in [3.8, 4) is 11.5 Å². The van der Waals surface area contributed by atoms with E-state index in [0.717, 1.165) is 6.42 Å². The van der Waals surface area contributed by atoms with Crippen molar-refractivity contribution in [2.24, 2.45) is 0 Å². The van der Waals surface area contributed by atoms with Crippen LogP contribution < -0.4 is 14.8 Å². The first-order valence-corrected chi connectivity index (χ1v) is 7.69. The fraction of sp³-hybridized carbons (Fsp3) is 0.444. The minimum atomic E-state index is -0.607. The Morgan fingerprint density at radius 3 is 2.50 bits per heavy atom. The second-order valence-electron chi connectivity index (χ2n) is 5.81. The second-order valence-corrected chi connectivity index (χ2v) is 5.81. The first kappa shape index (κ1) is 19.5. The molecule has 0 atom stereocenters. The molecule has 1 rings (SSSR count). The minimum Gasteiger partial charge on any atom is -0.493 e. The van der Waals surface area contributed by atoms with Crippen LogP contribution in [0, 0.1) is 0 Å². The molecular formula is C18H25NO5. The number of carbonyl (C=O) groups excluding carboxylic acids is 2. The fourth-order valence-corrected chi connectivity index (χ4v) is 1.89. The Hall–Kier alpha value is -2.50. The zero-order chi connectivity index (χ0) is 18.2. The van der Waals surface area contributed by atoms with Gasteiger partial charge in [-0.3, -0.25) is 4.79 Å². The molecular weight excluding hydrogens is 310 g/mol. The summed E-state index contributed by atoms with van der Waals surface area (Å²) < 4.78 is 15.4. The number of benzene rings is 1. The molecule has 0 aliphatic rings. The van der Waals surface area contributed by atoms with E-state index in [1.54, 1.807) is 24.3 Å². The highest BCUT2D eigenvalue weighted by atomic mass is 16.5. The van der Waals surface area contributed by atoms with Crippen LogP contribution in [0.2, 0.25) is 0 Å². The van der Waals surface area contributed by atoms with E-state index in [2.05, 4.69) is 5.32 Å². The molecule has 0 aliphatic carbocycles. The third kappa shape index (κ3) is 5.95. The molecule has 0 saturated carbocycles. The van der Waals surface area contributed by atoms with Crippen molar-refractivity contribution < 1.29 is 23.8 Å². The van der Waals surface area contributed by atoms with Gasteiger partial charge in [0.2, 0.25) is 0 Å². The maximum absolute atomic E-state index is 11.7. The van der Waals surface area contributed by atoms with Crippen LogP contribution in [0.4, 0.5) is 0 Å². The number of hydrogen-bond acceptors (Lipinski definition) is 5. The third-order valence-corrected chi connectivity index (χ3v) is 3.54. The van der Waals surface area contributed by atoms with Crippen LogP contribution in [-0.2, 0) is 14.3 Å². The zero-order valence-electron chi connectivity index (χ0n) is 14.8. The topological polar surface area (TPSA) is 73.9 Å². The van der Waals surface area contributed by atoms with Crippen molar-refractivity contribution in [1.29, 1.82) is 0 Å². The van der Waals surface area contributed by atoms with E-state index in [9.17, 15) is 9.59 Å². The Balaban J connectivity index is 2.63. The number of amides is 1. The van der Waals surface area contributed by atoms with Gasteiger partial charge in [-0.05, 0) is 32.4 Å². The molecule has 1 N–H and O–H groups in total. The molecule has 6 heteroatoms. The van der Waals surface area contributed by atoms with Gasteiger partial charge in [-0.1, -0.05) is 19.1 Å². The molecule has 1 aromatic rings. The first-order chi connectivity index (χ1) is 11.3. The molecule has 0 radical (unpaired) electrons. The van der Waals surface area contributed by atoms with Gasteiger partial charge in [-0.2, -0.15) is 0 Å². The lowest BCUT2D eigenvalue weighted by Crippen LogP contribution is -2.44. The Labute approximate surface area is 142 Å². The molecule has 24 heavy (non-hydrogen) atoms. The number of hydrogen-bond donors (Lipinski definition) is 1. The summed E-state index contributed by atoms with van der Waals surface area (Å²) >= 11 is 0. The van der Waals surface area contributed by atoms with Crippen molar-refractivity contribution >= 4 is 18.0 Å². The predicted molar refractivity (Wildman–Crippen MR) is 92.1 cm³/mol. The van der Waals surface area contributed by atoms with Gasteiger partial charge in [0.1, 0.15) is 0 Å².